The van der Waals surface area contributed by atoms with Crippen LogP contribution in [0, 0.1) is 0 Å². The molecule has 1 amide bonds. The molecule has 0 saturated carbocycles. The maximum atomic E-state index is 11.9. The maximum Gasteiger partial charge on any atom is 0.407 e. The van der Waals surface area contributed by atoms with E-state index < -0.39 is 11.7 Å². The van der Waals surface area contributed by atoms with Crippen molar-refractivity contribution in [2.75, 3.05) is 13.6 Å². The van der Waals surface area contributed by atoms with E-state index in [0.717, 1.165) is 36.4 Å². The molecule has 0 saturated heterocycles. The summed E-state index contributed by atoms with van der Waals surface area (Å²) >= 11 is 1.68. The molecule has 0 fully saturated rings. The molecule has 0 spiro atoms. The van der Waals surface area contributed by atoms with E-state index in [0.29, 0.717) is 19.0 Å². The fraction of sp³-hybridized carbons (Fsp3) is 0.737. The van der Waals surface area contributed by atoms with Crippen molar-refractivity contribution in [1.29, 1.82) is 0 Å². The highest BCUT2D eigenvalue weighted by molar-refractivity contribution is 14.0. The monoisotopic (exact) mass is 525 g/mol. The molecule has 1 aromatic heterocycles. The van der Waals surface area contributed by atoms with Crippen molar-refractivity contribution in [3.8, 4) is 0 Å². The molecule has 0 aromatic carbocycles. The molecule has 7 nitrogen and oxygen atoms in total. The fourth-order valence-electron chi connectivity index (χ4n) is 2.35. The zero-order valence-electron chi connectivity index (χ0n) is 17.9. The molecule has 162 valence electrons. The number of carbonyl (C=O) groups is 1. The summed E-state index contributed by atoms with van der Waals surface area (Å²) in [7, 11) is 1.74. The van der Waals surface area contributed by atoms with E-state index in [1.54, 1.807) is 18.4 Å². The lowest BCUT2D eigenvalue weighted by molar-refractivity contribution is 0.0523. The first-order valence-corrected chi connectivity index (χ1v) is 10.5. The number of unbranched alkanes of at least 4 members (excludes halogenated alkanes) is 1. The Bertz CT molecular complexity index is 601. The smallest absolute Gasteiger partial charge is 0.407 e. The summed E-state index contributed by atoms with van der Waals surface area (Å²) in [6.07, 6.45) is 3.64. The molecule has 0 aliphatic rings. The van der Waals surface area contributed by atoms with Crippen LogP contribution in [-0.4, -0.2) is 42.3 Å². The number of alkyl carbamates (subject to hydrolysis) is 1. The molecule has 0 radical (unpaired) electrons. The second-order valence-electron chi connectivity index (χ2n) is 7.38. The first-order valence-electron chi connectivity index (χ1n) is 9.64. The number of aryl methyl sites for hydroxylation is 1. The number of aromatic nitrogens is 1. The van der Waals surface area contributed by atoms with Gasteiger partial charge in [0, 0.05) is 25.0 Å². The lowest BCUT2D eigenvalue weighted by Crippen LogP contribution is -2.48. The van der Waals surface area contributed by atoms with Crippen LogP contribution < -0.4 is 16.0 Å². The van der Waals surface area contributed by atoms with Crippen LogP contribution in [0.1, 0.15) is 64.6 Å². The van der Waals surface area contributed by atoms with Crippen molar-refractivity contribution in [3.05, 3.63) is 16.1 Å². The predicted octanol–water partition coefficient (Wildman–Crippen LogP) is 4.07. The van der Waals surface area contributed by atoms with Crippen molar-refractivity contribution in [1.82, 2.24) is 20.9 Å². The Morgan fingerprint density at radius 2 is 2.04 bits per heavy atom. The van der Waals surface area contributed by atoms with Crippen molar-refractivity contribution >= 4 is 47.4 Å². The average molecular weight is 526 g/mol. The van der Waals surface area contributed by atoms with Gasteiger partial charge < -0.3 is 20.7 Å². The largest absolute Gasteiger partial charge is 0.444 e. The molecule has 3 N–H and O–H groups in total. The number of nitrogens with one attached hydrogen (secondary N) is 3. The number of ether oxygens (including phenoxy) is 1. The normalized spacial score (nSPS) is 12.7. The molecule has 1 atom stereocenters. The van der Waals surface area contributed by atoms with Crippen LogP contribution >= 0.6 is 35.3 Å². The summed E-state index contributed by atoms with van der Waals surface area (Å²) in [6, 6.07) is 0.0744. The highest BCUT2D eigenvalue weighted by Gasteiger charge is 2.18. The van der Waals surface area contributed by atoms with Crippen molar-refractivity contribution in [2.24, 2.45) is 4.99 Å². The van der Waals surface area contributed by atoms with Crippen LogP contribution in [0.25, 0.3) is 0 Å². The topological polar surface area (TPSA) is 87.6 Å². The SMILES string of the molecule is CCCCC(CNC(=O)OC(C)(C)C)NC(=NC)NCc1csc(CC)n1.I. The number of carbonyl (C=O) groups excluding carboxylic acids is 1. The van der Waals surface area contributed by atoms with Gasteiger partial charge in [0.15, 0.2) is 5.96 Å². The van der Waals surface area contributed by atoms with Crippen LogP contribution in [0.5, 0.6) is 0 Å². The van der Waals surface area contributed by atoms with Crippen LogP contribution in [0.15, 0.2) is 10.4 Å². The lowest BCUT2D eigenvalue weighted by Gasteiger charge is -2.24. The van der Waals surface area contributed by atoms with Gasteiger partial charge in [0.2, 0.25) is 0 Å². The van der Waals surface area contributed by atoms with E-state index in [1.807, 2.05) is 20.8 Å². The first kappa shape index (κ1) is 26.9. The van der Waals surface area contributed by atoms with Crippen molar-refractivity contribution in [2.45, 2.75) is 78.5 Å². The number of amides is 1. The third kappa shape index (κ3) is 11.7. The standard InChI is InChI=1S/C19H35N5O2S.HI/c1-7-9-10-14(11-22-18(25)26-19(3,4)5)24-17(20-6)21-12-15-13-27-16(8-2)23-15;/h13-14H,7-12H2,1-6H3,(H,22,25)(H2,20,21,24);1H. The lowest BCUT2D eigenvalue weighted by atomic mass is 10.1. The minimum absolute atomic E-state index is 0. The number of guanidine groups is 1. The van der Waals surface area contributed by atoms with Crippen molar-refractivity contribution < 1.29 is 9.53 Å². The van der Waals surface area contributed by atoms with Crippen LogP contribution in [0.2, 0.25) is 0 Å². The third-order valence-corrected chi connectivity index (χ3v) is 4.74. The van der Waals surface area contributed by atoms with Gasteiger partial charge in [-0.1, -0.05) is 26.7 Å². The molecule has 1 rings (SSSR count). The minimum Gasteiger partial charge on any atom is -0.444 e. The van der Waals surface area contributed by atoms with Gasteiger partial charge in [-0.15, -0.1) is 35.3 Å². The Balaban J connectivity index is 0.00000729. The van der Waals surface area contributed by atoms with Gasteiger partial charge in [0.05, 0.1) is 17.2 Å². The molecule has 28 heavy (non-hydrogen) atoms. The molecule has 1 heterocycles. The van der Waals surface area contributed by atoms with Gasteiger partial charge >= 0.3 is 6.09 Å². The Morgan fingerprint density at radius 1 is 1.32 bits per heavy atom. The quantitative estimate of drug-likeness (QED) is 0.257. The van der Waals surface area contributed by atoms with Crippen molar-refractivity contribution in [3.63, 3.8) is 0 Å². The molecular weight excluding hydrogens is 489 g/mol. The number of hydrogen-bond acceptors (Lipinski definition) is 5. The van der Waals surface area contributed by atoms with Gasteiger partial charge in [-0.05, 0) is 33.6 Å². The second-order valence-corrected chi connectivity index (χ2v) is 8.32. The van der Waals surface area contributed by atoms with Crippen LogP contribution in [0.4, 0.5) is 4.79 Å². The summed E-state index contributed by atoms with van der Waals surface area (Å²) in [4.78, 5) is 20.8. The molecule has 1 unspecified atom stereocenters. The number of aliphatic imine (C=N–C) groups is 1. The van der Waals surface area contributed by atoms with Gasteiger partial charge in [0.25, 0.3) is 0 Å². The van der Waals surface area contributed by atoms with Gasteiger partial charge in [-0.25, -0.2) is 9.78 Å². The zero-order chi connectivity index (χ0) is 20.3. The summed E-state index contributed by atoms with van der Waals surface area (Å²) in [6.45, 7) is 10.9. The van der Waals surface area contributed by atoms with Gasteiger partial charge in [0.1, 0.15) is 5.60 Å². The molecule has 0 aliphatic carbocycles. The Labute approximate surface area is 190 Å². The maximum absolute atomic E-state index is 11.9. The molecule has 0 bridgehead atoms. The highest BCUT2D eigenvalue weighted by Crippen LogP contribution is 2.10. The minimum atomic E-state index is -0.501. The summed E-state index contributed by atoms with van der Waals surface area (Å²) in [5.41, 5.74) is 0.510. The summed E-state index contributed by atoms with van der Waals surface area (Å²) in [5, 5.41) is 12.7. The third-order valence-electron chi connectivity index (χ3n) is 3.70. The number of halogens is 1. The predicted molar refractivity (Wildman–Crippen MR) is 128 cm³/mol. The van der Waals surface area contributed by atoms with E-state index in [4.69, 9.17) is 4.74 Å². The summed E-state index contributed by atoms with van der Waals surface area (Å²) < 4.78 is 5.31. The molecule has 0 aliphatic heterocycles. The van der Waals surface area contributed by atoms with Gasteiger partial charge in [-0.2, -0.15) is 0 Å². The van der Waals surface area contributed by atoms with E-state index in [-0.39, 0.29) is 30.0 Å². The molecular formula is C19H36IN5O2S. The van der Waals surface area contributed by atoms with E-state index >= 15 is 0 Å². The number of thiazole rings is 1. The number of nitrogens with zero attached hydrogens (tertiary/aromatic N) is 2. The van der Waals surface area contributed by atoms with Gasteiger partial charge in [-0.3, -0.25) is 4.99 Å². The summed E-state index contributed by atoms with van der Waals surface area (Å²) in [5.74, 6) is 0.702. The Hall–Kier alpha value is -1.10. The Morgan fingerprint density at radius 3 is 2.57 bits per heavy atom. The Kier molecular flexibility index (Phi) is 13.4. The fourth-order valence-corrected chi connectivity index (χ4v) is 3.10. The first-order chi connectivity index (χ1) is 12.8. The number of rotatable bonds is 9. The molecule has 1 aromatic rings. The second kappa shape index (κ2) is 14.0. The number of hydrogen-bond donors (Lipinski definition) is 3. The highest BCUT2D eigenvalue weighted by atomic mass is 127. The van der Waals surface area contributed by atoms with E-state index in [1.165, 1.54) is 0 Å². The average Bonchev–Trinajstić information content (AvgIpc) is 3.07. The van der Waals surface area contributed by atoms with Crippen LogP contribution in [0.3, 0.4) is 0 Å². The zero-order valence-corrected chi connectivity index (χ0v) is 21.1. The van der Waals surface area contributed by atoms with E-state index in [2.05, 4.69) is 45.2 Å². The molecule has 9 heteroatoms. The van der Waals surface area contributed by atoms with Crippen LogP contribution in [-0.2, 0) is 17.7 Å². The van der Waals surface area contributed by atoms with E-state index in [9.17, 15) is 4.79 Å².